The van der Waals surface area contributed by atoms with Crippen LogP contribution in [0.4, 0.5) is 0 Å². The van der Waals surface area contributed by atoms with Gasteiger partial charge in [0.25, 0.3) is 0 Å². The zero-order chi connectivity index (χ0) is 13.1. The van der Waals surface area contributed by atoms with E-state index in [4.69, 9.17) is 5.11 Å². The summed E-state index contributed by atoms with van der Waals surface area (Å²) in [5.41, 5.74) is 1.58. The van der Waals surface area contributed by atoms with Gasteiger partial charge in [-0.25, -0.2) is 4.79 Å². The van der Waals surface area contributed by atoms with E-state index in [1.165, 1.54) is 7.11 Å². The summed E-state index contributed by atoms with van der Waals surface area (Å²) in [6, 6.07) is 7.16. The van der Waals surface area contributed by atoms with E-state index in [1.807, 2.05) is 12.1 Å². The molecule has 1 aromatic rings. The van der Waals surface area contributed by atoms with E-state index in [0.29, 0.717) is 25.2 Å². The second-order valence-corrected chi connectivity index (χ2v) is 4.42. The first-order chi connectivity index (χ1) is 8.60. The Balaban J connectivity index is 1.88. The minimum Gasteiger partial charge on any atom is -0.481 e. The monoisotopic (exact) mass is 249 g/mol. The molecule has 0 atom stereocenters. The fraction of sp³-hybridized carbons (Fsp3) is 0.385. The number of hydrogen-bond donors (Lipinski definition) is 1. The van der Waals surface area contributed by atoms with Crippen LogP contribution in [0.1, 0.15) is 15.9 Å². The molecule has 0 radical (unpaired) electrons. The van der Waals surface area contributed by atoms with Crippen LogP contribution in [0.25, 0.3) is 0 Å². The van der Waals surface area contributed by atoms with Crippen LogP contribution >= 0.6 is 0 Å². The normalized spacial score (nSPS) is 16.1. The van der Waals surface area contributed by atoms with Crippen LogP contribution < -0.4 is 0 Å². The van der Waals surface area contributed by atoms with E-state index >= 15 is 0 Å². The second-order valence-electron chi connectivity index (χ2n) is 4.42. The first-order valence-electron chi connectivity index (χ1n) is 5.72. The fourth-order valence-corrected chi connectivity index (χ4v) is 1.98. The first kappa shape index (κ1) is 12.6. The van der Waals surface area contributed by atoms with Crippen molar-refractivity contribution in [2.24, 2.45) is 5.92 Å². The molecule has 1 heterocycles. The van der Waals surface area contributed by atoms with E-state index in [-0.39, 0.29) is 11.9 Å². The minimum atomic E-state index is -0.729. The van der Waals surface area contributed by atoms with E-state index < -0.39 is 5.97 Å². The number of esters is 1. The number of carbonyl (C=O) groups is 2. The van der Waals surface area contributed by atoms with Crippen molar-refractivity contribution in [2.75, 3.05) is 20.2 Å². The highest BCUT2D eigenvalue weighted by Crippen LogP contribution is 2.19. The average molecular weight is 249 g/mol. The van der Waals surface area contributed by atoms with Crippen LogP contribution in [0.3, 0.4) is 0 Å². The molecule has 1 N–H and O–H groups in total. The van der Waals surface area contributed by atoms with Crippen LogP contribution in [-0.4, -0.2) is 42.1 Å². The van der Waals surface area contributed by atoms with E-state index in [2.05, 4.69) is 9.64 Å². The summed E-state index contributed by atoms with van der Waals surface area (Å²) < 4.78 is 4.62. The molecule has 5 nitrogen and oxygen atoms in total. The number of methoxy groups -OCH3 is 1. The van der Waals surface area contributed by atoms with Crippen molar-refractivity contribution in [1.82, 2.24) is 4.90 Å². The van der Waals surface area contributed by atoms with Crippen molar-refractivity contribution >= 4 is 11.9 Å². The van der Waals surface area contributed by atoms with Gasteiger partial charge in [-0.05, 0) is 17.7 Å². The molecule has 0 unspecified atom stereocenters. The number of benzene rings is 1. The molecule has 0 amide bonds. The standard InChI is InChI=1S/C13H15NO4/c1-18-13(17)10-4-2-9(3-5-10)6-14-7-11(8-14)12(15)16/h2-5,11H,6-8H2,1H3,(H,15,16). The van der Waals surface area contributed by atoms with Crippen molar-refractivity contribution < 1.29 is 19.4 Å². The highest BCUT2D eigenvalue weighted by atomic mass is 16.5. The van der Waals surface area contributed by atoms with Gasteiger partial charge in [-0.1, -0.05) is 12.1 Å². The Hall–Kier alpha value is -1.88. The van der Waals surface area contributed by atoms with Crippen LogP contribution in [0, 0.1) is 5.92 Å². The summed E-state index contributed by atoms with van der Waals surface area (Å²) in [4.78, 5) is 23.9. The van der Waals surface area contributed by atoms with Gasteiger partial charge in [-0.3, -0.25) is 9.69 Å². The largest absolute Gasteiger partial charge is 0.481 e. The molecule has 0 aromatic heterocycles. The van der Waals surface area contributed by atoms with Gasteiger partial charge >= 0.3 is 11.9 Å². The zero-order valence-corrected chi connectivity index (χ0v) is 10.1. The number of carboxylic acids is 1. The second kappa shape index (κ2) is 5.18. The molecule has 1 fully saturated rings. The highest BCUT2D eigenvalue weighted by Gasteiger charge is 2.32. The third kappa shape index (κ3) is 2.68. The smallest absolute Gasteiger partial charge is 0.337 e. The van der Waals surface area contributed by atoms with Gasteiger partial charge in [0.1, 0.15) is 0 Å². The molecule has 0 bridgehead atoms. The summed E-state index contributed by atoms with van der Waals surface area (Å²) in [7, 11) is 1.35. The number of carboxylic acid groups (broad SMARTS) is 1. The van der Waals surface area contributed by atoms with E-state index in [1.54, 1.807) is 12.1 Å². The Kier molecular flexibility index (Phi) is 3.62. The van der Waals surface area contributed by atoms with Crippen LogP contribution in [0.15, 0.2) is 24.3 Å². The van der Waals surface area contributed by atoms with Crippen LogP contribution in [-0.2, 0) is 16.1 Å². The molecule has 1 aromatic carbocycles. The minimum absolute atomic E-state index is 0.237. The van der Waals surface area contributed by atoms with Crippen molar-refractivity contribution in [3.05, 3.63) is 35.4 Å². The number of ether oxygens (including phenoxy) is 1. The van der Waals surface area contributed by atoms with Gasteiger partial charge in [0, 0.05) is 19.6 Å². The number of hydrogen-bond acceptors (Lipinski definition) is 4. The quantitative estimate of drug-likeness (QED) is 0.806. The molecule has 96 valence electrons. The summed E-state index contributed by atoms with van der Waals surface area (Å²) >= 11 is 0. The molecular formula is C13H15NO4. The predicted octanol–water partition coefficient (Wildman–Crippen LogP) is 0.990. The lowest BCUT2D eigenvalue weighted by Crippen LogP contribution is -2.49. The number of rotatable bonds is 4. The molecule has 2 rings (SSSR count). The van der Waals surface area contributed by atoms with E-state index in [0.717, 1.165) is 5.56 Å². The maximum absolute atomic E-state index is 11.2. The lowest BCUT2D eigenvalue weighted by Gasteiger charge is -2.36. The third-order valence-electron chi connectivity index (χ3n) is 3.09. The number of aliphatic carboxylic acids is 1. The maximum atomic E-state index is 11.2. The van der Waals surface area contributed by atoms with Crippen molar-refractivity contribution in [3.8, 4) is 0 Å². The molecule has 0 aliphatic carbocycles. The van der Waals surface area contributed by atoms with Crippen molar-refractivity contribution in [1.29, 1.82) is 0 Å². The molecule has 18 heavy (non-hydrogen) atoms. The molecule has 0 saturated carbocycles. The molecular weight excluding hydrogens is 234 g/mol. The van der Waals surface area contributed by atoms with Gasteiger partial charge in [0.2, 0.25) is 0 Å². The van der Waals surface area contributed by atoms with Gasteiger partial charge in [-0.2, -0.15) is 0 Å². The van der Waals surface area contributed by atoms with Gasteiger partial charge in [0.05, 0.1) is 18.6 Å². The van der Waals surface area contributed by atoms with E-state index in [9.17, 15) is 9.59 Å². The lowest BCUT2D eigenvalue weighted by molar-refractivity contribution is -0.147. The fourth-order valence-electron chi connectivity index (χ4n) is 1.98. The molecule has 1 aliphatic rings. The Morgan fingerprint density at radius 2 is 1.94 bits per heavy atom. The average Bonchev–Trinajstić information content (AvgIpc) is 2.32. The molecule has 1 aliphatic heterocycles. The maximum Gasteiger partial charge on any atom is 0.337 e. The molecule has 0 spiro atoms. The summed E-state index contributed by atoms with van der Waals surface area (Å²) in [5, 5.41) is 8.76. The summed E-state index contributed by atoms with van der Waals surface area (Å²) in [6.07, 6.45) is 0. The Labute approximate surface area is 105 Å². The summed E-state index contributed by atoms with van der Waals surface area (Å²) in [6.45, 7) is 1.90. The first-order valence-corrected chi connectivity index (χ1v) is 5.72. The summed E-state index contributed by atoms with van der Waals surface area (Å²) in [5.74, 6) is -1.32. The number of carbonyl (C=O) groups excluding carboxylic acids is 1. The Morgan fingerprint density at radius 1 is 1.33 bits per heavy atom. The highest BCUT2D eigenvalue weighted by molar-refractivity contribution is 5.89. The Bertz CT molecular complexity index is 449. The van der Waals surface area contributed by atoms with Crippen LogP contribution in [0.2, 0.25) is 0 Å². The van der Waals surface area contributed by atoms with Crippen molar-refractivity contribution in [3.63, 3.8) is 0 Å². The van der Waals surface area contributed by atoms with Gasteiger partial charge in [-0.15, -0.1) is 0 Å². The zero-order valence-electron chi connectivity index (χ0n) is 10.1. The predicted molar refractivity (Wildman–Crippen MR) is 64.2 cm³/mol. The van der Waals surface area contributed by atoms with Crippen molar-refractivity contribution in [2.45, 2.75) is 6.54 Å². The van der Waals surface area contributed by atoms with Gasteiger partial charge < -0.3 is 9.84 Å². The SMILES string of the molecule is COC(=O)c1ccc(CN2CC(C(=O)O)C2)cc1. The molecule has 1 saturated heterocycles. The lowest BCUT2D eigenvalue weighted by atomic mass is 9.99. The number of nitrogens with zero attached hydrogens (tertiary/aromatic N) is 1. The van der Waals surface area contributed by atoms with Gasteiger partial charge in [0.15, 0.2) is 0 Å². The van der Waals surface area contributed by atoms with Crippen LogP contribution in [0.5, 0.6) is 0 Å². The molecule has 5 heteroatoms. The number of likely N-dealkylation sites (tertiary alicyclic amines) is 1. The Morgan fingerprint density at radius 3 is 2.44 bits per heavy atom. The topological polar surface area (TPSA) is 66.8 Å². The third-order valence-corrected chi connectivity index (χ3v) is 3.09.